The second-order valence-corrected chi connectivity index (χ2v) is 105. The first-order valence-electron chi connectivity index (χ1n) is 9.50. The summed E-state index contributed by atoms with van der Waals surface area (Å²) in [6, 6.07) is 0. The van der Waals surface area contributed by atoms with Crippen molar-refractivity contribution >= 4 is 57.6 Å². The summed E-state index contributed by atoms with van der Waals surface area (Å²) in [5.74, 6) is 0. The zero-order valence-corrected chi connectivity index (χ0v) is 31.1. The van der Waals surface area contributed by atoms with Crippen LogP contribution in [0.1, 0.15) is 0 Å². The summed E-state index contributed by atoms with van der Waals surface area (Å²) in [6.07, 6.45) is 0. The molecule has 9 heteroatoms. The van der Waals surface area contributed by atoms with Gasteiger partial charge in [-0.05, 0) is 14.2 Å². The molecular formula is C15H45KSi8. The zero-order chi connectivity index (χ0) is 19.1. The van der Waals surface area contributed by atoms with E-state index in [2.05, 4.69) is 98.2 Å². The molecule has 0 aromatic carbocycles. The quantitative estimate of drug-likeness (QED) is 0.524. The maximum absolute atomic E-state index is 3.00. The summed E-state index contributed by atoms with van der Waals surface area (Å²) in [5, 5.41) is 0. The second kappa shape index (κ2) is 7.26. The van der Waals surface area contributed by atoms with E-state index < -0.39 is 50.2 Å². The molecular weight excluding hydrogens is 444 g/mol. The third-order valence-electron chi connectivity index (χ3n) is 9.12. The molecule has 1 fully saturated rings. The van der Waals surface area contributed by atoms with Gasteiger partial charge in [-0.15, -0.1) is 21.8 Å². The van der Waals surface area contributed by atoms with E-state index in [1.165, 1.54) is 0 Å². The van der Waals surface area contributed by atoms with Gasteiger partial charge in [0.25, 0.3) is 0 Å². The summed E-state index contributed by atoms with van der Waals surface area (Å²) in [4.78, 5) is 0. The zero-order valence-electron chi connectivity index (χ0n) is 20.0. The van der Waals surface area contributed by atoms with E-state index in [0.717, 1.165) is 0 Å². The maximum Gasteiger partial charge on any atom is 1.00 e. The van der Waals surface area contributed by atoms with Gasteiger partial charge < -0.3 is 0 Å². The van der Waals surface area contributed by atoms with E-state index in [0.29, 0.717) is 0 Å². The van der Waals surface area contributed by atoms with E-state index in [1.807, 2.05) is 0 Å². The molecule has 0 bridgehead atoms. The van der Waals surface area contributed by atoms with Crippen LogP contribution >= 0.6 is 0 Å². The summed E-state index contributed by atoms with van der Waals surface area (Å²) < 4.78 is 0. The van der Waals surface area contributed by atoms with Gasteiger partial charge in [0.05, 0.1) is 0 Å². The summed E-state index contributed by atoms with van der Waals surface area (Å²) in [5.41, 5.74) is 0. The van der Waals surface area contributed by atoms with Crippen LogP contribution in [0.3, 0.4) is 0 Å². The van der Waals surface area contributed by atoms with Crippen molar-refractivity contribution in [2.75, 3.05) is 0 Å². The van der Waals surface area contributed by atoms with E-state index >= 15 is 0 Å². The van der Waals surface area contributed by atoms with Crippen molar-refractivity contribution in [3.8, 4) is 0 Å². The minimum atomic E-state index is -1.10. The Labute approximate surface area is 204 Å². The van der Waals surface area contributed by atoms with Crippen molar-refractivity contribution in [2.24, 2.45) is 0 Å². The fourth-order valence-corrected chi connectivity index (χ4v) is 390. The number of hydrogen-bond donors (Lipinski definition) is 0. The molecule has 0 spiro atoms. The van der Waals surface area contributed by atoms with Crippen molar-refractivity contribution in [3.05, 3.63) is 0 Å². The Morgan fingerprint density at radius 2 is 0.792 bits per heavy atom. The molecule has 0 aromatic rings. The van der Waals surface area contributed by atoms with Crippen molar-refractivity contribution in [1.82, 2.24) is 0 Å². The molecule has 24 heavy (non-hydrogen) atoms. The average Bonchev–Trinajstić information content (AvgIpc) is 2.20. The van der Waals surface area contributed by atoms with Crippen molar-refractivity contribution in [3.63, 3.8) is 0 Å². The first-order valence-corrected chi connectivity index (χ1v) is 40.5. The Morgan fingerprint density at radius 1 is 0.542 bits per heavy atom. The van der Waals surface area contributed by atoms with E-state index in [1.54, 1.807) is 0 Å². The first kappa shape index (κ1) is 27.4. The predicted octanol–water partition coefficient (Wildman–Crippen LogP) is 2.71. The molecule has 0 aromatic heterocycles. The van der Waals surface area contributed by atoms with Gasteiger partial charge in [-0.2, -0.15) is 0 Å². The van der Waals surface area contributed by atoms with Crippen LogP contribution in [0.15, 0.2) is 0 Å². The molecule has 0 radical (unpaired) electrons. The molecule has 0 aliphatic carbocycles. The molecule has 0 nitrogen and oxygen atoms in total. The van der Waals surface area contributed by atoms with Gasteiger partial charge in [0.2, 0.25) is 0 Å². The Balaban J connectivity index is 0.00000529. The van der Waals surface area contributed by atoms with Gasteiger partial charge in [0.1, 0.15) is 0 Å². The van der Waals surface area contributed by atoms with Gasteiger partial charge in [-0.25, -0.2) is 0 Å². The van der Waals surface area contributed by atoms with Crippen LogP contribution in [-0.2, 0) is 0 Å². The predicted molar refractivity (Wildman–Crippen MR) is 134 cm³/mol. The Hall–Kier alpha value is 3.37. The fourth-order valence-electron chi connectivity index (χ4n) is 7.19. The molecule has 1 rings (SSSR count). The molecule has 1 aliphatic rings. The van der Waals surface area contributed by atoms with Crippen LogP contribution in [0.5, 0.6) is 0 Å². The van der Waals surface area contributed by atoms with Crippen LogP contribution in [0.4, 0.5) is 0 Å². The minimum Gasteiger partial charge on any atom is -0.256 e. The Kier molecular flexibility index (Phi) is 8.27. The van der Waals surface area contributed by atoms with E-state index in [-0.39, 0.29) is 58.7 Å². The second-order valence-electron chi connectivity index (χ2n) is 12.5. The number of rotatable bonds is 2. The monoisotopic (exact) mass is 488 g/mol. The molecule has 1 heterocycles. The SMILES string of the molecule is C[Si](C)(C)[Si-]1[Si](C)(C)[Si](C)(C)[Si](C)([Si](C)(C)C)[Si](C)(C)[Si]1(C)C.[K+]. The van der Waals surface area contributed by atoms with Crippen LogP contribution in [0, 0.1) is 0 Å². The van der Waals surface area contributed by atoms with Gasteiger partial charge in [0, 0.05) is 14.2 Å². The van der Waals surface area contributed by atoms with Gasteiger partial charge in [-0.3, -0.25) is 7.35 Å². The fraction of sp³-hybridized carbons (Fsp3) is 1.00. The molecule has 138 valence electrons. The maximum atomic E-state index is 3.00. The molecule has 1 saturated heterocycles. The van der Waals surface area contributed by atoms with Gasteiger partial charge in [-0.1, -0.05) is 98.2 Å². The molecule has 0 unspecified atom stereocenters. The Bertz CT molecular complexity index is 457. The van der Waals surface area contributed by atoms with Crippen molar-refractivity contribution in [1.29, 1.82) is 0 Å². The van der Waals surface area contributed by atoms with Crippen molar-refractivity contribution in [2.45, 2.75) is 98.2 Å². The third kappa shape index (κ3) is 3.42. The average molecular weight is 489 g/mol. The van der Waals surface area contributed by atoms with Crippen LogP contribution in [-0.4, -0.2) is 57.6 Å². The minimum absolute atomic E-state index is 0. The molecule has 1 aliphatic heterocycles. The molecule has 0 amide bonds. The Morgan fingerprint density at radius 3 is 0.958 bits per heavy atom. The third-order valence-corrected chi connectivity index (χ3v) is 213. The topological polar surface area (TPSA) is 0 Å². The number of hydrogen-bond acceptors (Lipinski definition) is 0. The van der Waals surface area contributed by atoms with Gasteiger partial charge >= 0.3 is 51.4 Å². The largest absolute Gasteiger partial charge is 1.00 e. The summed E-state index contributed by atoms with van der Waals surface area (Å²) in [6.45, 7) is 42.2. The van der Waals surface area contributed by atoms with Crippen LogP contribution in [0.2, 0.25) is 98.2 Å². The summed E-state index contributed by atoms with van der Waals surface area (Å²) >= 11 is 0. The van der Waals surface area contributed by atoms with Crippen LogP contribution in [0.25, 0.3) is 0 Å². The standard InChI is InChI=1S/C15H45Si8.K/c1-17(2,3)16-19(7,8)21(11,12)23(15,18(4,5)6)22(13,14)20(16,9)10;/h1-15H3;/q-1;+1. The smallest absolute Gasteiger partial charge is 0.256 e. The van der Waals surface area contributed by atoms with Gasteiger partial charge in [0.15, 0.2) is 0 Å². The van der Waals surface area contributed by atoms with E-state index in [9.17, 15) is 0 Å². The van der Waals surface area contributed by atoms with Crippen LogP contribution < -0.4 is 51.4 Å². The van der Waals surface area contributed by atoms with Crippen molar-refractivity contribution < 1.29 is 51.4 Å². The first-order chi connectivity index (χ1) is 9.62. The molecule has 0 saturated carbocycles. The molecule has 0 atom stereocenters. The van der Waals surface area contributed by atoms with E-state index in [4.69, 9.17) is 0 Å². The molecule has 0 N–H and O–H groups in total. The normalized spacial score (nSPS) is 28.1. The summed E-state index contributed by atoms with van der Waals surface area (Å²) in [7, 11) is -6.40.